The number of hydrogen-bond donors (Lipinski definition) is 0. The number of rotatable bonds is 12. The van der Waals surface area contributed by atoms with E-state index in [0.717, 1.165) is 66.8 Å². The summed E-state index contributed by atoms with van der Waals surface area (Å²) >= 11 is 0. The van der Waals surface area contributed by atoms with Gasteiger partial charge in [0.25, 0.3) is 0 Å². The average Bonchev–Trinajstić information content (AvgIpc) is 3.82. The molecule has 0 aromatic heterocycles. The summed E-state index contributed by atoms with van der Waals surface area (Å²) in [6.45, 7) is 0. The SMILES string of the molecule is COc1ccc(C2=C(c3ccccc3)C(c3ccc(C4=C(c5ccc(OC)cc5)C(=O)C(c5ccc(OC)cc5)=C4c4ccccc4)cc3)=C(c3ccc(OC)cc3)C2=O)cc1. The van der Waals surface area contributed by atoms with Gasteiger partial charge in [-0.1, -0.05) is 133 Å². The van der Waals surface area contributed by atoms with Crippen LogP contribution in [0.4, 0.5) is 0 Å². The molecular weight excluding hydrogens is 769 g/mol. The summed E-state index contributed by atoms with van der Waals surface area (Å²) in [5.74, 6) is 2.63. The molecule has 0 saturated heterocycles. The van der Waals surface area contributed by atoms with Crippen molar-refractivity contribution in [1.29, 1.82) is 0 Å². The van der Waals surface area contributed by atoms with Crippen LogP contribution in [0.1, 0.15) is 44.5 Å². The van der Waals surface area contributed by atoms with Crippen molar-refractivity contribution in [1.82, 2.24) is 0 Å². The number of hydrogen-bond acceptors (Lipinski definition) is 6. The highest BCUT2D eigenvalue weighted by Crippen LogP contribution is 2.52. The molecule has 0 saturated carbocycles. The normalized spacial score (nSPS) is 13.9. The van der Waals surface area contributed by atoms with Gasteiger partial charge in [0.1, 0.15) is 23.0 Å². The summed E-state index contributed by atoms with van der Waals surface area (Å²) in [5.41, 5.74) is 12.3. The summed E-state index contributed by atoms with van der Waals surface area (Å²) in [4.78, 5) is 30.2. The van der Waals surface area contributed by atoms with Gasteiger partial charge in [0.2, 0.25) is 0 Å². The molecule has 302 valence electrons. The number of ether oxygens (including phenoxy) is 4. The summed E-state index contributed by atoms with van der Waals surface area (Å²) in [6, 6.07) is 58.9. The molecule has 9 rings (SSSR count). The smallest absolute Gasteiger partial charge is 0.195 e. The number of benzene rings is 7. The lowest BCUT2D eigenvalue weighted by molar-refractivity contribution is -0.109. The van der Waals surface area contributed by atoms with Gasteiger partial charge >= 0.3 is 0 Å². The van der Waals surface area contributed by atoms with Crippen LogP contribution >= 0.6 is 0 Å². The Kier molecular flexibility index (Phi) is 10.8. The van der Waals surface area contributed by atoms with Crippen molar-refractivity contribution < 1.29 is 28.5 Å². The second-order valence-corrected chi connectivity index (χ2v) is 14.9. The van der Waals surface area contributed by atoms with Gasteiger partial charge in [0.05, 0.1) is 28.4 Å². The second-order valence-electron chi connectivity index (χ2n) is 14.9. The number of carbonyl (C=O) groups is 2. The molecule has 0 unspecified atom stereocenters. The third kappa shape index (κ3) is 7.11. The highest BCUT2D eigenvalue weighted by Gasteiger charge is 2.38. The number of methoxy groups -OCH3 is 4. The minimum atomic E-state index is -0.0809. The van der Waals surface area contributed by atoms with E-state index in [4.69, 9.17) is 18.9 Å². The molecule has 0 radical (unpaired) electrons. The van der Waals surface area contributed by atoms with Crippen LogP contribution in [0.3, 0.4) is 0 Å². The molecule has 6 heteroatoms. The number of Topliss-reactive ketones (excluding diaryl/α,β-unsaturated/α-hetero) is 2. The fraction of sp³-hybridized carbons (Fsp3) is 0.0714. The minimum absolute atomic E-state index is 0.0809. The van der Waals surface area contributed by atoms with Gasteiger partial charge in [-0.2, -0.15) is 0 Å². The van der Waals surface area contributed by atoms with Crippen molar-refractivity contribution in [2.75, 3.05) is 28.4 Å². The minimum Gasteiger partial charge on any atom is -0.497 e. The molecule has 0 N–H and O–H groups in total. The molecule has 0 bridgehead atoms. The van der Waals surface area contributed by atoms with Gasteiger partial charge < -0.3 is 18.9 Å². The Labute approximate surface area is 361 Å². The lowest BCUT2D eigenvalue weighted by atomic mass is 9.86. The van der Waals surface area contributed by atoms with Crippen LogP contribution in [0.2, 0.25) is 0 Å². The molecule has 0 heterocycles. The van der Waals surface area contributed by atoms with Gasteiger partial charge in [0.15, 0.2) is 11.6 Å². The van der Waals surface area contributed by atoms with E-state index in [0.29, 0.717) is 45.3 Å². The van der Waals surface area contributed by atoms with Crippen molar-refractivity contribution >= 4 is 56.2 Å². The number of carbonyl (C=O) groups excluding carboxylic acids is 2. The van der Waals surface area contributed by atoms with Crippen LogP contribution in [0.15, 0.2) is 182 Å². The fourth-order valence-corrected chi connectivity index (χ4v) is 8.50. The van der Waals surface area contributed by atoms with Crippen molar-refractivity contribution in [2.24, 2.45) is 0 Å². The third-order valence-electron chi connectivity index (χ3n) is 11.5. The molecule has 0 atom stereocenters. The first kappa shape index (κ1) is 39.5. The zero-order valence-corrected chi connectivity index (χ0v) is 34.8. The van der Waals surface area contributed by atoms with E-state index in [2.05, 4.69) is 24.3 Å². The van der Waals surface area contributed by atoms with Crippen molar-refractivity contribution in [3.8, 4) is 23.0 Å². The standard InChI is InChI=1S/C56H42O6/c1-59-43-27-19-39(20-28-43)51-47(35-11-7-5-8-12-35)49(53(55(51)57)41-23-31-45(61-3)32-24-41)37-15-17-38(18-16-37)50-48(36-13-9-6-10-14-36)52(40-21-29-44(60-2)30-22-40)56(58)54(50)42-25-33-46(62-4)34-26-42/h5-34H,1-4H3. The topological polar surface area (TPSA) is 71.1 Å². The van der Waals surface area contributed by atoms with Crippen LogP contribution in [0.5, 0.6) is 23.0 Å². The number of allylic oxidation sites excluding steroid dienone is 8. The van der Waals surface area contributed by atoms with Crippen molar-refractivity contribution in [3.63, 3.8) is 0 Å². The molecule has 0 aliphatic heterocycles. The van der Waals surface area contributed by atoms with Crippen LogP contribution in [0.25, 0.3) is 44.6 Å². The van der Waals surface area contributed by atoms with E-state index in [-0.39, 0.29) is 11.6 Å². The maximum Gasteiger partial charge on any atom is 0.195 e. The van der Waals surface area contributed by atoms with Gasteiger partial charge in [-0.3, -0.25) is 9.59 Å². The molecule has 7 aromatic rings. The molecule has 0 spiro atoms. The maximum absolute atomic E-state index is 15.1. The molecule has 7 aromatic carbocycles. The first-order valence-electron chi connectivity index (χ1n) is 20.3. The number of ketones is 2. The summed E-state index contributed by atoms with van der Waals surface area (Å²) < 4.78 is 22.0. The van der Waals surface area contributed by atoms with Crippen LogP contribution in [-0.2, 0) is 9.59 Å². The van der Waals surface area contributed by atoms with E-state index in [1.165, 1.54) is 0 Å². The molecule has 0 amide bonds. The predicted molar refractivity (Wildman–Crippen MR) is 249 cm³/mol. The third-order valence-corrected chi connectivity index (χ3v) is 11.5. The Morgan fingerprint density at radius 3 is 0.613 bits per heavy atom. The molecule has 6 nitrogen and oxygen atoms in total. The monoisotopic (exact) mass is 810 g/mol. The van der Waals surface area contributed by atoms with Crippen LogP contribution in [0, 0.1) is 0 Å². The first-order valence-corrected chi connectivity index (χ1v) is 20.3. The molecule has 0 fully saturated rings. The first-order chi connectivity index (χ1) is 30.4. The maximum atomic E-state index is 15.1. The zero-order valence-electron chi connectivity index (χ0n) is 34.8. The van der Waals surface area contributed by atoms with Gasteiger partial charge in [0, 0.05) is 44.6 Å². The molecular formula is C56H42O6. The molecule has 2 aliphatic rings. The van der Waals surface area contributed by atoms with E-state index < -0.39 is 0 Å². The quantitative estimate of drug-likeness (QED) is 0.122. The predicted octanol–water partition coefficient (Wildman–Crippen LogP) is 11.9. The largest absolute Gasteiger partial charge is 0.497 e. The fourth-order valence-electron chi connectivity index (χ4n) is 8.50. The Hall–Kier alpha value is -7.96. The van der Waals surface area contributed by atoms with Gasteiger partial charge in [-0.15, -0.1) is 0 Å². The molecule has 62 heavy (non-hydrogen) atoms. The van der Waals surface area contributed by atoms with Gasteiger partial charge in [-0.25, -0.2) is 0 Å². The van der Waals surface area contributed by atoms with Crippen LogP contribution in [-0.4, -0.2) is 40.0 Å². The molecule has 2 aliphatic carbocycles. The lowest BCUT2D eigenvalue weighted by Crippen LogP contribution is -2.02. The second kappa shape index (κ2) is 17.0. The van der Waals surface area contributed by atoms with E-state index in [1.807, 2.05) is 158 Å². The Balaban J connectivity index is 1.29. The summed E-state index contributed by atoms with van der Waals surface area (Å²) in [7, 11) is 6.52. The van der Waals surface area contributed by atoms with E-state index in [9.17, 15) is 0 Å². The Morgan fingerprint density at radius 2 is 0.403 bits per heavy atom. The Morgan fingerprint density at radius 1 is 0.226 bits per heavy atom. The van der Waals surface area contributed by atoms with E-state index >= 15 is 9.59 Å². The van der Waals surface area contributed by atoms with Crippen molar-refractivity contribution in [3.05, 3.63) is 226 Å². The Bertz CT molecular complexity index is 2730. The highest BCUT2D eigenvalue weighted by molar-refractivity contribution is 6.60. The average molecular weight is 811 g/mol. The van der Waals surface area contributed by atoms with Crippen LogP contribution < -0.4 is 18.9 Å². The zero-order chi connectivity index (χ0) is 42.7. The highest BCUT2D eigenvalue weighted by atomic mass is 16.5. The summed E-state index contributed by atoms with van der Waals surface area (Å²) in [6.07, 6.45) is 0. The van der Waals surface area contributed by atoms with Crippen molar-refractivity contribution in [2.45, 2.75) is 0 Å². The van der Waals surface area contributed by atoms with Gasteiger partial charge in [-0.05, 0) is 93.0 Å². The summed E-state index contributed by atoms with van der Waals surface area (Å²) in [5, 5.41) is 0. The van der Waals surface area contributed by atoms with E-state index in [1.54, 1.807) is 28.4 Å². The lowest BCUT2D eigenvalue weighted by Gasteiger charge is -2.17.